The van der Waals surface area contributed by atoms with Crippen LogP contribution in [0, 0.1) is 43.9 Å². The smallest absolute Gasteiger partial charge is 0.500 e. The standard InChI is InChI=1S/C18H12NS.C18H14N.C17H10NS.C15H12N2.C12H10N.C11H9N2.2C11H8N.3Ir/c1-2-7-16-13(5-1)14-9-8-12-11-19-10-4-3-6-15(19)17(12)18(14)20-16;1-2-6-14(7-3-1)15-9-10-16-13-19-11-5-4-8-18(19)17(16)12-15;1-2-10-16-12(6-1)13-7-5-8-14(17(13)19-16)15-9-3-4-11-18-15;1-3-7-14(8-4-1)16-11-12-17(13-16)15-9-5-2-6-10-15;1-2-6-11-10(5-1)9-13-8-4-3-7-12(11)13;1-9-7-8-12-11(13-9)10-5-3-2-4-6-10;2*1-2-6-10(7-3-1)11-8-4-5-9-12-11;;;/h1-10H,11H2;1-12H,13H2;1-7,9-11H;1-9,11-13H;1-8H,9H2;2-5,7-8H,1H3;2*1-6,8-9H;;;/q2*+1;-1;-2;+1;3*-1;;;+3/i;;;;1D,2D,3D,4D,5D,6D,7D;;;;;;. The molecule has 0 saturated carbocycles. The fourth-order valence-electron chi connectivity index (χ4n) is 15.0. The number of nitrogens with zero attached hydrogens (tertiary/aromatic N) is 10. The van der Waals surface area contributed by atoms with E-state index >= 15 is 0 Å². The Morgan fingerprint density at radius 3 is 1.54 bits per heavy atom. The third kappa shape index (κ3) is 21.4. The summed E-state index contributed by atoms with van der Waals surface area (Å²) in [5.41, 5.74) is 22.1. The molecule has 0 fully saturated rings. The largest absolute Gasteiger partial charge is 3.00 e. The van der Waals surface area contributed by atoms with Gasteiger partial charge in [-0.25, -0.2) is 0 Å². The molecular weight excluding hydrogens is 2140 g/mol. The van der Waals surface area contributed by atoms with Crippen molar-refractivity contribution in [3.63, 3.8) is 0 Å². The van der Waals surface area contributed by atoms with E-state index < -0.39 is 0 Å². The Bertz CT molecular complexity index is 7450. The molecule has 624 valence electrons. The van der Waals surface area contributed by atoms with Gasteiger partial charge in [0.1, 0.15) is 0 Å². The minimum absolute atomic E-state index is 0. The van der Waals surface area contributed by atoms with Gasteiger partial charge in [0.05, 0.1) is 32.1 Å². The number of hydrogen-bond acceptors (Lipinski definition) is 9. The Morgan fingerprint density at radius 1 is 0.367 bits per heavy atom. The van der Waals surface area contributed by atoms with Crippen LogP contribution in [0.5, 0.6) is 0 Å². The molecule has 0 amide bonds. The van der Waals surface area contributed by atoms with Gasteiger partial charge in [-0.2, -0.15) is 55.4 Å². The van der Waals surface area contributed by atoms with Crippen molar-refractivity contribution in [1.29, 1.82) is 0 Å². The second-order valence-electron chi connectivity index (χ2n) is 29.1. The molecule has 25 rings (SSSR count). The van der Waals surface area contributed by atoms with Gasteiger partial charge >= 0.3 is 20.1 Å². The number of fused-ring (bicyclic) bond motifs is 16. The fourth-order valence-corrected chi connectivity index (χ4v) is 17.5. The van der Waals surface area contributed by atoms with Crippen molar-refractivity contribution >= 4 is 74.4 Å². The summed E-state index contributed by atoms with van der Waals surface area (Å²) in [7, 11) is 0. The van der Waals surface area contributed by atoms with E-state index in [2.05, 4.69) is 245 Å². The van der Waals surface area contributed by atoms with E-state index in [1.54, 1.807) is 23.2 Å². The Morgan fingerprint density at radius 2 is 0.898 bits per heavy atom. The summed E-state index contributed by atoms with van der Waals surface area (Å²) in [6.45, 7) is 6.17. The Labute approximate surface area is 805 Å². The van der Waals surface area contributed by atoms with Gasteiger partial charge in [-0.15, -0.1) is 155 Å². The zero-order valence-electron chi connectivity index (χ0n) is 76.1. The van der Waals surface area contributed by atoms with Crippen LogP contribution < -0.4 is 23.5 Å². The first-order valence-electron chi connectivity index (χ1n) is 44.4. The summed E-state index contributed by atoms with van der Waals surface area (Å²) in [6, 6.07) is 132. The predicted molar refractivity (Wildman–Crippen MR) is 511 cm³/mol. The molecule has 0 saturated heterocycles. The molecule has 9 aromatic heterocycles. The van der Waals surface area contributed by atoms with Gasteiger partial charge in [0.15, 0.2) is 38.2 Å². The monoisotopic (exact) mass is 2230 g/mol. The quantitative estimate of drug-likeness (QED) is 0.116. The number of hydrogen-bond donors (Lipinski definition) is 0. The number of pyridine rings is 6. The molecule has 4 aliphatic rings. The molecule has 0 spiro atoms. The number of benzene rings is 12. The number of thiophene rings is 2. The van der Waals surface area contributed by atoms with Crippen LogP contribution in [0.25, 0.3) is 130 Å². The minimum atomic E-state index is -0.344. The number of aromatic nitrogens is 8. The fraction of sp³-hybridized carbons (Fsp3) is 0.0354. The second-order valence-corrected chi connectivity index (χ2v) is 31.2. The van der Waals surface area contributed by atoms with E-state index in [-0.39, 0.29) is 120 Å². The van der Waals surface area contributed by atoms with Crippen molar-refractivity contribution in [2.75, 3.05) is 9.80 Å². The number of aryl methyl sites for hydroxylation is 1. The third-order valence-electron chi connectivity index (χ3n) is 21.0. The summed E-state index contributed by atoms with van der Waals surface area (Å²) >= 11 is 3.73. The van der Waals surface area contributed by atoms with Crippen LogP contribution in [0.1, 0.15) is 32.0 Å². The average Bonchev–Trinajstić information content (AvgIpc) is 1.58. The maximum Gasteiger partial charge on any atom is 3.00 e. The Balaban J connectivity index is 0.000000118. The first-order valence-corrected chi connectivity index (χ1v) is 42.5. The maximum absolute atomic E-state index is 7.97. The van der Waals surface area contributed by atoms with E-state index in [1.807, 2.05) is 242 Å². The molecule has 2 radical (unpaired) electrons. The molecule has 4 aliphatic heterocycles. The van der Waals surface area contributed by atoms with Crippen molar-refractivity contribution in [3.8, 4) is 90.1 Å². The average molecular weight is 2230 g/mol. The summed E-state index contributed by atoms with van der Waals surface area (Å²) in [6.07, 6.45) is 16.9. The van der Waals surface area contributed by atoms with E-state index in [9.17, 15) is 0 Å². The molecule has 12 aromatic carbocycles. The molecule has 0 aliphatic carbocycles. The first-order chi connectivity index (χ1) is 64.8. The molecule has 0 N–H and O–H groups in total. The van der Waals surface area contributed by atoms with E-state index in [4.69, 9.17) is 9.60 Å². The number of rotatable bonds is 7. The van der Waals surface area contributed by atoms with E-state index in [0.29, 0.717) is 5.56 Å². The third-order valence-corrected chi connectivity index (χ3v) is 23.4. The van der Waals surface area contributed by atoms with Crippen molar-refractivity contribution in [2.24, 2.45) is 0 Å². The molecule has 21 aromatic rings. The van der Waals surface area contributed by atoms with Crippen LogP contribution in [-0.4, -0.2) is 24.9 Å². The molecule has 0 unspecified atom stereocenters. The molecule has 13 heterocycles. The van der Waals surface area contributed by atoms with Crippen LogP contribution in [0.4, 0.5) is 11.4 Å². The van der Waals surface area contributed by atoms with Gasteiger partial charge in [-0.05, 0) is 136 Å². The van der Waals surface area contributed by atoms with Gasteiger partial charge in [0.25, 0.3) is 0 Å². The number of para-hydroxylation sites is 2. The van der Waals surface area contributed by atoms with Crippen molar-refractivity contribution in [1.82, 2.24) is 24.9 Å². The zero-order chi connectivity index (χ0) is 90.2. The topological polar surface area (TPSA) is 82.6 Å². The van der Waals surface area contributed by atoms with Gasteiger partial charge in [-0.1, -0.05) is 169 Å². The van der Waals surface area contributed by atoms with Gasteiger partial charge in [-0.3, -0.25) is 9.97 Å². The Hall–Kier alpha value is -13.7. The first kappa shape index (κ1) is 80.2. The van der Waals surface area contributed by atoms with Crippen LogP contribution in [0.2, 0.25) is 0 Å². The normalized spacial score (nSPS) is 12.2. The molecule has 15 heteroatoms. The van der Waals surface area contributed by atoms with Crippen molar-refractivity contribution < 1.29 is 83.6 Å². The number of anilines is 2. The van der Waals surface area contributed by atoms with Crippen molar-refractivity contribution in [2.45, 2.75) is 26.6 Å². The second kappa shape index (κ2) is 44.0. The van der Waals surface area contributed by atoms with Crippen molar-refractivity contribution in [3.05, 3.63) is 503 Å². The minimum Gasteiger partial charge on any atom is -0.500 e. The molecule has 128 heavy (non-hydrogen) atoms. The van der Waals surface area contributed by atoms with Crippen LogP contribution in [0.3, 0.4) is 0 Å². The molecule has 0 bridgehead atoms. The van der Waals surface area contributed by atoms with E-state index in [0.717, 1.165) is 75.3 Å². The zero-order valence-corrected chi connectivity index (χ0v) is 77.9. The summed E-state index contributed by atoms with van der Waals surface area (Å²) in [5.74, 6) is 0.737. The van der Waals surface area contributed by atoms with E-state index in [1.165, 1.54) is 91.3 Å². The molecule has 0 atom stereocenters. The predicted octanol–water partition coefficient (Wildman–Crippen LogP) is 25.7. The summed E-state index contributed by atoms with van der Waals surface area (Å²) < 4.78 is 66.1. The van der Waals surface area contributed by atoms with Crippen LogP contribution in [-0.2, 0) is 80.0 Å². The summed E-state index contributed by atoms with van der Waals surface area (Å²) in [5, 5.41) is 5.38. The molecular formula is C113H83Ir3N10S2. The maximum atomic E-state index is 7.97. The van der Waals surface area contributed by atoms with Crippen LogP contribution >= 0.6 is 22.7 Å². The van der Waals surface area contributed by atoms with Gasteiger partial charge in [0.2, 0.25) is 17.1 Å². The van der Waals surface area contributed by atoms with Crippen LogP contribution in [0.15, 0.2) is 444 Å². The molecule has 10 nitrogen and oxygen atoms in total. The van der Waals surface area contributed by atoms with Gasteiger partial charge in [0, 0.05) is 154 Å². The van der Waals surface area contributed by atoms with Gasteiger partial charge < -0.3 is 24.8 Å². The SMILES string of the molecule is Cc1ccnc(-c2[c-]cccc2)n1.[2H]c1c[n+]2c(c([2H])c1[2H])-c1c([2H])c([2H])c([2H])c([2H])c1C2.[Ir+3].[Ir].[Ir].[c-]1ccc2c(sc3ccccc32)c1-c1ccccn1.[c-]1ccccc1-c1ccccn1.[c-]1ccccc1-c1ccccn1.[c-]1ccccc1N1C=CN(c2ccccc2)[CH-]1.c1cc[n+]2c(c1)-c1c(ccc3c1sc1ccccc13)C2.c1ccc(-c2ccc3c(c2)-c2cccc[n+]2C3)cc1. The summed E-state index contributed by atoms with van der Waals surface area (Å²) in [4.78, 5) is 25.5. The Kier molecular flexibility index (Phi) is 27.6.